The van der Waals surface area contributed by atoms with Crippen LogP contribution in [0.3, 0.4) is 0 Å². The lowest BCUT2D eigenvalue weighted by atomic mass is 10.1. The van der Waals surface area contributed by atoms with Gasteiger partial charge >= 0.3 is 5.91 Å². The Hall–Kier alpha value is -3.41. The zero-order valence-electron chi connectivity index (χ0n) is 16.2. The lowest BCUT2D eigenvalue weighted by molar-refractivity contribution is 0.0984. The smallest absolute Gasteiger partial charge is 0.308 e. The Morgan fingerprint density at radius 1 is 1.23 bits per heavy atom. The summed E-state index contributed by atoms with van der Waals surface area (Å²) in [5.74, 6) is 5.37. The fraction of sp³-hybridized carbons (Fsp3) is 0.227. The van der Waals surface area contributed by atoms with Gasteiger partial charge in [0.15, 0.2) is 11.5 Å². The van der Waals surface area contributed by atoms with Crippen LogP contribution in [-0.2, 0) is 4.74 Å². The van der Waals surface area contributed by atoms with Crippen molar-refractivity contribution in [3.8, 4) is 23.0 Å². The molecule has 4 aromatic rings. The predicted octanol–water partition coefficient (Wildman–Crippen LogP) is 3.37. The van der Waals surface area contributed by atoms with E-state index in [0.717, 1.165) is 11.1 Å². The van der Waals surface area contributed by atoms with Gasteiger partial charge in [0.05, 0.1) is 24.2 Å². The molecule has 8 heteroatoms. The number of thiophene rings is 1. The number of anilines is 1. The Balaban J connectivity index is 1.65. The normalized spacial score (nSPS) is 14.1. The van der Waals surface area contributed by atoms with Crippen LogP contribution in [-0.4, -0.2) is 41.8 Å². The summed E-state index contributed by atoms with van der Waals surface area (Å²) in [5, 5.41) is 1.91. The molecule has 30 heavy (non-hydrogen) atoms. The van der Waals surface area contributed by atoms with Crippen molar-refractivity contribution in [2.75, 3.05) is 31.2 Å². The Bertz CT molecular complexity index is 1400. The van der Waals surface area contributed by atoms with Crippen molar-refractivity contribution in [2.45, 2.75) is 6.92 Å². The largest absolute Gasteiger partial charge is 0.439 e. The van der Waals surface area contributed by atoms with Gasteiger partial charge in [-0.05, 0) is 30.5 Å². The van der Waals surface area contributed by atoms with E-state index in [0.29, 0.717) is 53.5 Å². The van der Waals surface area contributed by atoms with E-state index in [9.17, 15) is 9.59 Å². The number of hydrogen-bond acceptors (Lipinski definition) is 7. The molecule has 0 spiro atoms. The fourth-order valence-electron chi connectivity index (χ4n) is 3.57. The zero-order valence-corrected chi connectivity index (χ0v) is 17.0. The van der Waals surface area contributed by atoms with Crippen LogP contribution in [0.1, 0.15) is 11.7 Å². The van der Waals surface area contributed by atoms with Crippen molar-refractivity contribution in [1.82, 2.24) is 9.55 Å². The summed E-state index contributed by atoms with van der Waals surface area (Å²) in [6.45, 7) is 4.19. The van der Waals surface area contributed by atoms with Crippen LogP contribution >= 0.6 is 11.3 Å². The number of hydrogen-bond donors (Lipinski definition) is 0. The van der Waals surface area contributed by atoms with E-state index in [4.69, 9.17) is 9.15 Å². The van der Waals surface area contributed by atoms with Gasteiger partial charge in [-0.1, -0.05) is 12.0 Å². The van der Waals surface area contributed by atoms with Gasteiger partial charge in [0, 0.05) is 30.1 Å². The molecule has 0 aliphatic carbocycles. The molecule has 0 N–H and O–H groups in total. The number of nitrogens with zero attached hydrogens (tertiary/aromatic N) is 3. The Labute approximate surface area is 175 Å². The van der Waals surface area contributed by atoms with Gasteiger partial charge < -0.3 is 14.1 Å². The molecular formula is C22H17N3O4S. The van der Waals surface area contributed by atoms with Crippen molar-refractivity contribution in [3.63, 3.8) is 0 Å². The van der Waals surface area contributed by atoms with Crippen molar-refractivity contribution < 1.29 is 13.9 Å². The number of rotatable bonds is 2. The highest BCUT2D eigenvalue weighted by Crippen LogP contribution is 2.35. The molecule has 4 heterocycles. The third kappa shape index (κ3) is 3.09. The van der Waals surface area contributed by atoms with Gasteiger partial charge in [0.2, 0.25) is 5.43 Å². The molecule has 0 amide bonds. The van der Waals surface area contributed by atoms with Gasteiger partial charge in [-0.3, -0.25) is 14.2 Å². The van der Waals surface area contributed by atoms with Gasteiger partial charge in [-0.15, -0.1) is 11.3 Å². The van der Waals surface area contributed by atoms with Crippen molar-refractivity contribution >= 4 is 44.4 Å². The first-order valence-corrected chi connectivity index (χ1v) is 10.4. The monoisotopic (exact) mass is 419 g/mol. The molecule has 1 aromatic carbocycles. The molecule has 0 atom stereocenters. The first-order valence-electron chi connectivity index (χ1n) is 9.48. The first-order chi connectivity index (χ1) is 14.7. The number of carbonyl (C=O) groups is 1. The van der Waals surface area contributed by atoms with E-state index < -0.39 is 0 Å². The molecule has 7 nitrogen and oxygen atoms in total. The highest BCUT2D eigenvalue weighted by Gasteiger charge is 2.19. The quantitative estimate of drug-likeness (QED) is 0.464. The number of ether oxygens (including phenoxy) is 1. The SMILES string of the molecule is CC#CC(=O)n1cnc2ccc(-c3csc4c(=O)cc(N5CCOCC5)oc34)cc21. The second-order valence-electron chi connectivity index (χ2n) is 6.85. The third-order valence-corrected chi connectivity index (χ3v) is 6.04. The molecule has 0 saturated carbocycles. The summed E-state index contributed by atoms with van der Waals surface area (Å²) in [4.78, 5) is 31.3. The second kappa shape index (κ2) is 7.44. The van der Waals surface area contributed by atoms with Crippen molar-refractivity contribution in [3.05, 3.63) is 46.2 Å². The van der Waals surface area contributed by atoms with E-state index in [1.807, 2.05) is 28.5 Å². The van der Waals surface area contributed by atoms with Crippen LogP contribution in [0.4, 0.5) is 5.88 Å². The number of benzene rings is 1. The lowest BCUT2D eigenvalue weighted by Crippen LogP contribution is -2.36. The van der Waals surface area contributed by atoms with Crippen LogP contribution in [0.15, 0.2) is 45.2 Å². The standard InChI is InChI=1S/C22H17N3O4S/c1-2-3-19(27)25-13-23-16-5-4-14(10-17(16)25)15-12-30-22-18(26)11-20(29-21(15)22)24-6-8-28-9-7-24/h4-5,10-13H,6-9H2,1H3. The second-order valence-corrected chi connectivity index (χ2v) is 7.73. The van der Waals surface area contributed by atoms with Gasteiger partial charge in [-0.2, -0.15) is 0 Å². The maximum absolute atomic E-state index is 12.7. The minimum atomic E-state index is -0.339. The maximum atomic E-state index is 12.7. The van der Waals surface area contributed by atoms with E-state index >= 15 is 0 Å². The number of carbonyl (C=O) groups excluding carboxylic acids is 1. The van der Waals surface area contributed by atoms with Crippen LogP contribution < -0.4 is 10.3 Å². The van der Waals surface area contributed by atoms with E-state index in [1.165, 1.54) is 22.2 Å². The van der Waals surface area contributed by atoms with Crippen LogP contribution in [0, 0.1) is 11.8 Å². The van der Waals surface area contributed by atoms with E-state index in [2.05, 4.69) is 16.8 Å². The first kappa shape index (κ1) is 18.6. The van der Waals surface area contributed by atoms with Crippen LogP contribution in [0.2, 0.25) is 0 Å². The van der Waals surface area contributed by atoms with Gasteiger partial charge in [-0.25, -0.2) is 4.98 Å². The lowest BCUT2D eigenvalue weighted by Gasteiger charge is -2.27. The summed E-state index contributed by atoms with van der Waals surface area (Å²) in [6.07, 6.45) is 1.48. The molecule has 1 aliphatic heterocycles. The number of imidazole rings is 1. The maximum Gasteiger partial charge on any atom is 0.308 e. The van der Waals surface area contributed by atoms with Crippen LogP contribution in [0.5, 0.6) is 0 Å². The number of fused-ring (bicyclic) bond motifs is 2. The van der Waals surface area contributed by atoms with Gasteiger partial charge in [0.25, 0.3) is 0 Å². The minimum Gasteiger partial charge on any atom is -0.439 e. The minimum absolute atomic E-state index is 0.0616. The molecule has 1 aliphatic rings. The molecule has 0 radical (unpaired) electrons. The number of morpholine rings is 1. The Morgan fingerprint density at radius 2 is 2.07 bits per heavy atom. The fourth-order valence-corrected chi connectivity index (χ4v) is 4.49. The number of aromatic nitrogens is 2. The summed E-state index contributed by atoms with van der Waals surface area (Å²) < 4.78 is 13.6. The highest BCUT2D eigenvalue weighted by atomic mass is 32.1. The summed E-state index contributed by atoms with van der Waals surface area (Å²) in [7, 11) is 0. The summed E-state index contributed by atoms with van der Waals surface area (Å²) >= 11 is 1.36. The zero-order chi connectivity index (χ0) is 20.7. The van der Waals surface area contributed by atoms with E-state index in [1.54, 1.807) is 13.0 Å². The average Bonchev–Trinajstić information content (AvgIpc) is 3.38. The molecule has 150 valence electrons. The molecule has 5 rings (SSSR count). The highest BCUT2D eigenvalue weighted by molar-refractivity contribution is 7.17. The molecular weight excluding hydrogens is 402 g/mol. The van der Waals surface area contributed by atoms with Gasteiger partial charge in [0.1, 0.15) is 11.0 Å². The summed E-state index contributed by atoms with van der Waals surface area (Å²) in [5.41, 5.74) is 3.50. The molecule has 0 unspecified atom stereocenters. The van der Waals surface area contributed by atoms with Crippen molar-refractivity contribution in [2.24, 2.45) is 0 Å². The molecule has 0 bridgehead atoms. The predicted molar refractivity (Wildman–Crippen MR) is 116 cm³/mol. The molecule has 3 aromatic heterocycles. The average molecular weight is 419 g/mol. The van der Waals surface area contributed by atoms with Crippen LogP contribution in [0.25, 0.3) is 32.4 Å². The molecule has 1 fully saturated rings. The third-order valence-electron chi connectivity index (χ3n) is 5.06. The molecule has 1 saturated heterocycles. The summed E-state index contributed by atoms with van der Waals surface area (Å²) in [6, 6.07) is 7.19. The van der Waals surface area contributed by atoms with Crippen molar-refractivity contribution in [1.29, 1.82) is 0 Å². The Kier molecular flexibility index (Phi) is 4.62. The Morgan fingerprint density at radius 3 is 2.87 bits per heavy atom. The topological polar surface area (TPSA) is 77.6 Å². The van der Waals surface area contributed by atoms with E-state index in [-0.39, 0.29) is 11.3 Å².